The maximum absolute atomic E-state index is 11.6. The first kappa shape index (κ1) is 12.0. The topological polar surface area (TPSA) is 59.3 Å². The summed E-state index contributed by atoms with van der Waals surface area (Å²) in [6.45, 7) is 3.43. The van der Waals surface area contributed by atoms with Gasteiger partial charge in [0.15, 0.2) is 10.5 Å². The fourth-order valence-electron chi connectivity index (χ4n) is 1.12. The van der Waals surface area contributed by atoms with E-state index in [0.717, 1.165) is 0 Å². The SMILES string of the molecule is CCC(=O)C(C)NC(=O)c1ccoc1Br. The Balaban J connectivity index is 2.64. The van der Waals surface area contributed by atoms with E-state index >= 15 is 0 Å². The predicted molar refractivity (Wildman–Crippen MR) is 58.6 cm³/mol. The number of hydrogen-bond donors (Lipinski definition) is 1. The number of carbonyl (C=O) groups excluding carboxylic acids is 2. The van der Waals surface area contributed by atoms with Crippen molar-refractivity contribution in [1.29, 1.82) is 0 Å². The highest BCUT2D eigenvalue weighted by Gasteiger charge is 2.17. The predicted octanol–water partition coefficient (Wildman–Crippen LogP) is 2.14. The molecular weight excluding hydrogens is 262 g/mol. The molecule has 1 unspecified atom stereocenters. The van der Waals surface area contributed by atoms with Crippen LogP contribution >= 0.6 is 15.9 Å². The lowest BCUT2D eigenvalue weighted by Crippen LogP contribution is -2.38. The van der Waals surface area contributed by atoms with E-state index in [0.29, 0.717) is 16.7 Å². The Bertz CT molecular complexity index is 372. The van der Waals surface area contributed by atoms with E-state index in [1.807, 2.05) is 0 Å². The van der Waals surface area contributed by atoms with Gasteiger partial charge in [-0.05, 0) is 28.9 Å². The lowest BCUT2D eigenvalue weighted by molar-refractivity contribution is -0.120. The number of hydrogen-bond acceptors (Lipinski definition) is 3. The van der Waals surface area contributed by atoms with E-state index < -0.39 is 6.04 Å². The molecule has 0 aromatic carbocycles. The molecule has 0 fully saturated rings. The van der Waals surface area contributed by atoms with Crippen molar-refractivity contribution in [2.24, 2.45) is 0 Å². The zero-order valence-electron chi connectivity index (χ0n) is 8.54. The molecule has 82 valence electrons. The summed E-state index contributed by atoms with van der Waals surface area (Å²) in [6.07, 6.45) is 1.82. The van der Waals surface area contributed by atoms with Gasteiger partial charge in [0.2, 0.25) is 0 Å². The Labute approximate surface area is 96.2 Å². The van der Waals surface area contributed by atoms with Gasteiger partial charge >= 0.3 is 0 Å². The van der Waals surface area contributed by atoms with Crippen LogP contribution in [0.1, 0.15) is 30.6 Å². The molecule has 0 saturated carbocycles. The van der Waals surface area contributed by atoms with Crippen LogP contribution in [0.15, 0.2) is 21.4 Å². The minimum atomic E-state index is -0.468. The number of ketones is 1. The summed E-state index contributed by atoms with van der Waals surface area (Å²) >= 11 is 3.10. The zero-order valence-corrected chi connectivity index (χ0v) is 10.1. The van der Waals surface area contributed by atoms with Gasteiger partial charge in [0.25, 0.3) is 5.91 Å². The first-order valence-corrected chi connectivity index (χ1v) is 5.42. The fourth-order valence-corrected chi connectivity index (χ4v) is 1.54. The average molecular weight is 274 g/mol. The molecule has 5 heteroatoms. The highest BCUT2D eigenvalue weighted by atomic mass is 79.9. The maximum atomic E-state index is 11.6. The Kier molecular flexibility index (Phi) is 4.08. The first-order valence-electron chi connectivity index (χ1n) is 4.62. The van der Waals surface area contributed by atoms with Gasteiger partial charge in [-0.2, -0.15) is 0 Å². The zero-order chi connectivity index (χ0) is 11.4. The number of nitrogens with one attached hydrogen (secondary N) is 1. The van der Waals surface area contributed by atoms with E-state index in [9.17, 15) is 9.59 Å². The quantitative estimate of drug-likeness (QED) is 0.915. The molecule has 0 saturated heterocycles. The summed E-state index contributed by atoms with van der Waals surface area (Å²) < 4.78 is 5.30. The molecule has 1 rings (SSSR count). The van der Waals surface area contributed by atoms with Crippen LogP contribution < -0.4 is 5.32 Å². The molecule has 1 aromatic heterocycles. The highest BCUT2D eigenvalue weighted by Crippen LogP contribution is 2.17. The fraction of sp³-hybridized carbons (Fsp3) is 0.400. The summed E-state index contributed by atoms with van der Waals surface area (Å²) in [5.74, 6) is -0.312. The minimum absolute atomic E-state index is 0.00275. The maximum Gasteiger partial charge on any atom is 0.256 e. The highest BCUT2D eigenvalue weighted by molar-refractivity contribution is 9.10. The number of furan rings is 1. The van der Waals surface area contributed by atoms with Crippen LogP contribution in [0.3, 0.4) is 0 Å². The van der Waals surface area contributed by atoms with Crippen LogP contribution in [0.25, 0.3) is 0 Å². The van der Waals surface area contributed by atoms with Gasteiger partial charge in [-0.3, -0.25) is 9.59 Å². The Hall–Kier alpha value is -1.10. The molecule has 1 atom stereocenters. The second-order valence-electron chi connectivity index (χ2n) is 3.12. The summed E-state index contributed by atoms with van der Waals surface area (Å²) in [4.78, 5) is 22.9. The van der Waals surface area contributed by atoms with Crippen molar-refractivity contribution in [3.63, 3.8) is 0 Å². The van der Waals surface area contributed by atoms with Crippen molar-refractivity contribution in [2.45, 2.75) is 26.3 Å². The summed E-state index contributed by atoms with van der Waals surface area (Å²) in [5.41, 5.74) is 0.394. The minimum Gasteiger partial charge on any atom is -0.457 e. The molecule has 0 aliphatic heterocycles. The Morgan fingerprint density at radius 3 is 2.73 bits per heavy atom. The van der Waals surface area contributed by atoms with Gasteiger partial charge < -0.3 is 9.73 Å². The lowest BCUT2D eigenvalue weighted by Gasteiger charge is -2.10. The number of Topliss-reactive ketones (excluding diaryl/α,β-unsaturated/α-hetero) is 1. The molecule has 15 heavy (non-hydrogen) atoms. The van der Waals surface area contributed by atoms with Crippen LogP contribution in [-0.4, -0.2) is 17.7 Å². The van der Waals surface area contributed by atoms with Gasteiger partial charge in [-0.1, -0.05) is 6.92 Å². The third-order valence-corrected chi connectivity index (χ3v) is 2.66. The van der Waals surface area contributed by atoms with Gasteiger partial charge in [0, 0.05) is 6.42 Å². The van der Waals surface area contributed by atoms with Crippen LogP contribution in [0.5, 0.6) is 0 Å². The molecule has 0 aliphatic rings. The van der Waals surface area contributed by atoms with E-state index in [2.05, 4.69) is 21.2 Å². The van der Waals surface area contributed by atoms with Crippen molar-refractivity contribution in [1.82, 2.24) is 5.32 Å². The molecule has 0 aliphatic carbocycles. The molecule has 1 heterocycles. The third kappa shape index (κ3) is 2.92. The van der Waals surface area contributed by atoms with Crippen LogP contribution in [-0.2, 0) is 4.79 Å². The number of halogens is 1. The second-order valence-corrected chi connectivity index (χ2v) is 3.84. The average Bonchev–Trinajstić information content (AvgIpc) is 2.63. The van der Waals surface area contributed by atoms with E-state index in [1.54, 1.807) is 19.9 Å². The van der Waals surface area contributed by atoms with Gasteiger partial charge in [-0.25, -0.2) is 0 Å². The lowest BCUT2D eigenvalue weighted by atomic mass is 10.1. The molecule has 1 N–H and O–H groups in total. The smallest absolute Gasteiger partial charge is 0.256 e. The largest absolute Gasteiger partial charge is 0.457 e. The Morgan fingerprint density at radius 1 is 1.60 bits per heavy atom. The summed E-state index contributed by atoms with van der Waals surface area (Å²) in [7, 11) is 0. The molecule has 1 aromatic rings. The van der Waals surface area contributed by atoms with E-state index in [4.69, 9.17) is 4.42 Å². The molecule has 0 bridgehead atoms. The van der Waals surface area contributed by atoms with Gasteiger partial charge in [0.1, 0.15) is 0 Å². The van der Waals surface area contributed by atoms with Gasteiger partial charge in [0.05, 0.1) is 17.9 Å². The van der Waals surface area contributed by atoms with Crippen LogP contribution in [0.4, 0.5) is 0 Å². The van der Waals surface area contributed by atoms with Crippen LogP contribution in [0.2, 0.25) is 0 Å². The van der Waals surface area contributed by atoms with Crippen molar-refractivity contribution in [3.8, 4) is 0 Å². The second kappa shape index (κ2) is 5.11. The van der Waals surface area contributed by atoms with Gasteiger partial charge in [-0.15, -0.1) is 0 Å². The monoisotopic (exact) mass is 273 g/mol. The molecule has 4 nitrogen and oxygen atoms in total. The molecule has 1 amide bonds. The molecule has 0 radical (unpaired) electrons. The summed E-state index contributed by atoms with van der Waals surface area (Å²) in [5, 5.41) is 2.60. The van der Waals surface area contributed by atoms with Crippen molar-refractivity contribution in [3.05, 3.63) is 22.6 Å². The number of carbonyl (C=O) groups is 2. The third-order valence-electron chi connectivity index (χ3n) is 2.04. The van der Waals surface area contributed by atoms with Crippen molar-refractivity contribution < 1.29 is 14.0 Å². The normalized spacial score (nSPS) is 12.2. The molecular formula is C10H12BrNO3. The Morgan fingerprint density at radius 2 is 2.27 bits per heavy atom. The van der Waals surface area contributed by atoms with Crippen LogP contribution in [0, 0.1) is 0 Å². The number of amides is 1. The van der Waals surface area contributed by atoms with Crippen molar-refractivity contribution in [2.75, 3.05) is 0 Å². The molecule has 0 spiro atoms. The van der Waals surface area contributed by atoms with Crippen molar-refractivity contribution >= 4 is 27.6 Å². The van der Waals surface area contributed by atoms with E-state index in [1.165, 1.54) is 6.26 Å². The van der Waals surface area contributed by atoms with E-state index in [-0.39, 0.29) is 11.7 Å². The first-order chi connectivity index (χ1) is 7.06. The number of rotatable bonds is 4. The summed E-state index contributed by atoms with van der Waals surface area (Å²) in [6, 6.07) is 1.08. The standard InChI is InChI=1S/C10H12BrNO3/c1-3-8(13)6(2)12-10(14)7-4-5-15-9(7)11/h4-6H,3H2,1-2H3,(H,12,14).